The minimum absolute atomic E-state index is 0.312. The maximum absolute atomic E-state index is 13.2. The maximum Gasteiger partial charge on any atom is 0.222 e. The van der Waals surface area contributed by atoms with Gasteiger partial charge in [-0.2, -0.15) is 0 Å². The third-order valence-electron chi connectivity index (χ3n) is 3.36. The molecule has 110 valence electrons. The molecule has 1 fully saturated rings. The fraction of sp³-hybridized carbons (Fsp3) is 0.312. The van der Waals surface area contributed by atoms with Crippen LogP contribution in [0.4, 0.5) is 4.39 Å². The summed E-state index contributed by atoms with van der Waals surface area (Å²) in [7, 11) is 0. The molecule has 1 aromatic carbocycles. The minimum Gasteiger partial charge on any atom is -0.439 e. The van der Waals surface area contributed by atoms with Crippen LogP contribution in [0.5, 0.6) is 11.6 Å². The number of ether oxygens (including phenoxy) is 1. The highest BCUT2D eigenvalue weighted by molar-refractivity contribution is 9.10. The molecule has 0 aliphatic heterocycles. The van der Waals surface area contributed by atoms with Crippen LogP contribution in [0, 0.1) is 12.7 Å². The number of aromatic nitrogens is 1. The smallest absolute Gasteiger partial charge is 0.222 e. The SMILES string of the molecule is Cc1cc(CNC2CC2)cnc1Oc1ccc(F)c(Br)c1. The molecule has 0 radical (unpaired) electrons. The van der Waals surface area contributed by atoms with Crippen molar-refractivity contribution in [1.82, 2.24) is 10.3 Å². The maximum atomic E-state index is 13.2. The van der Waals surface area contributed by atoms with E-state index in [1.54, 1.807) is 12.1 Å². The van der Waals surface area contributed by atoms with Gasteiger partial charge in [-0.15, -0.1) is 0 Å². The van der Waals surface area contributed by atoms with E-state index in [1.165, 1.54) is 18.9 Å². The van der Waals surface area contributed by atoms with Crippen LogP contribution in [-0.4, -0.2) is 11.0 Å². The summed E-state index contributed by atoms with van der Waals surface area (Å²) in [5.74, 6) is 0.792. The van der Waals surface area contributed by atoms with Crippen molar-refractivity contribution < 1.29 is 9.13 Å². The molecule has 1 aliphatic carbocycles. The molecule has 1 N–H and O–H groups in total. The molecule has 0 saturated heterocycles. The van der Waals surface area contributed by atoms with Crippen LogP contribution >= 0.6 is 15.9 Å². The first-order valence-corrected chi connectivity index (χ1v) is 7.73. The average molecular weight is 351 g/mol. The fourth-order valence-electron chi connectivity index (χ4n) is 2.03. The molecule has 0 spiro atoms. The Morgan fingerprint density at radius 2 is 2.19 bits per heavy atom. The van der Waals surface area contributed by atoms with Gasteiger partial charge >= 0.3 is 0 Å². The number of hydrogen-bond acceptors (Lipinski definition) is 3. The molecule has 1 aromatic heterocycles. The summed E-state index contributed by atoms with van der Waals surface area (Å²) in [6, 6.07) is 7.29. The zero-order chi connectivity index (χ0) is 14.8. The Morgan fingerprint density at radius 3 is 2.86 bits per heavy atom. The zero-order valence-electron chi connectivity index (χ0n) is 11.7. The van der Waals surface area contributed by atoms with Crippen LogP contribution in [0.15, 0.2) is 34.9 Å². The van der Waals surface area contributed by atoms with Crippen LogP contribution in [0.2, 0.25) is 0 Å². The van der Waals surface area contributed by atoms with Crippen LogP contribution in [0.25, 0.3) is 0 Å². The minimum atomic E-state index is -0.312. The Balaban J connectivity index is 1.70. The quantitative estimate of drug-likeness (QED) is 0.870. The first-order valence-electron chi connectivity index (χ1n) is 6.93. The molecule has 21 heavy (non-hydrogen) atoms. The molecule has 5 heteroatoms. The standard InChI is InChI=1S/C16H16BrFN2O/c1-10-6-11(8-19-12-2-3-12)9-20-16(10)21-13-4-5-15(18)14(17)7-13/h4-7,9,12,19H,2-3,8H2,1H3. The van der Waals surface area contributed by atoms with Gasteiger partial charge in [0.25, 0.3) is 0 Å². The van der Waals surface area contributed by atoms with Crippen molar-refractivity contribution in [2.45, 2.75) is 32.4 Å². The van der Waals surface area contributed by atoms with Gasteiger partial charge in [-0.1, -0.05) is 0 Å². The van der Waals surface area contributed by atoms with E-state index >= 15 is 0 Å². The predicted molar refractivity (Wildman–Crippen MR) is 83.0 cm³/mol. The van der Waals surface area contributed by atoms with E-state index in [4.69, 9.17) is 4.74 Å². The summed E-state index contributed by atoms with van der Waals surface area (Å²) in [5, 5.41) is 3.45. The van der Waals surface area contributed by atoms with E-state index in [0.29, 0.717) is 22.1 Å². The van der Waals surface area contributed by atoms with Crippen LogP contribution in [0.3, 0.4) is 0 Å². The van der Waals surface area contributed by atoms with E-state index < -0.39 is 0 Å². The van der Waals surface area contributed by atoms with Crippen molar-refractivity contribution in [3.8, 4) is 11.6 Å². The summed E-state index contributed by atoms with van der Waals surface area (Å²) in [6.45, 7) is 2.79. The fourth-order valence-corrected chi connectivity index (χ4v) is 2.38. The number of nitrogens with zero attached hydrogens (tertiary/aromatic N) is 1. The average Bonchev–Trinajstić information content (AvgIpc) is 3.27. The van der Waals surface area contributed by atoms with Gasteiger partial charge in [0.1, 0.15) is 11.6 Å². The van der Waals surface area contributed by atoms with Gasteiger partial charge in [0.15, 0.2) is 0 Å². The predicted octanol–water partition coefficient (Wildman–Crippen LogP) is 4.34. The van der Waals surface area contributed by atoms with Crippen LogP contribution in [0.1, 0.15) is 24.0 Å². The largest absolute Gasteiger partial charge is 0.439 e. The second-order valence-corrected chi connectivity index (χ2v) is 6.15. The highest BCUT2D eigenvalue weighted by atomic mass is 79.9. The lowest BCUT2D eigenvalue weighted by Crippen LogP contribution is -2.15. The molecule has 1 saturated carbocycles. The van der Waals surface area contributed by atoms with E-state index in [1.807, 2.05) is 13.1 Å². The van der Waals surface area contributed by atoms with Crippen molar-refractivity contribution in [3.63, 3.8) is 0 Å². The van der Waals surface area contributed by atoms with Crippen molar-refractivity contribution in [2.24, 2.45) is 0 Å². The Hall–Kier alpha value is -1.46. The molecule has 2 aromatic rings. The highest BCUT2D eigenvalue weighted by Crippen LogP contribution is 2.27. The van der Waals surface area contributed by atoms with Gasteiger partial charge in [-0.25, -0.2) is 9.37 Å². The first kappa shape index (κ1) is 14.5. The normalized spacial score (nSPS) is 14.2. The second kappa shape index (κ2) is 6.12. The van der Waals surface area contributed by atoms with Gasteiger partial charge in [-0.3, -0.25) is 0 Å². The van der Waals surface area contributed by atoms with Crippen molar-refractivity contribution in [3.05, 3.63) is 51.9 Å². The van der Waals surface area contributed by atoms with Gasteiger partial charge in [0.05, 0.1) is 4.47 Å². The van der Waals surface area contributed by atoms with Crippen LogP contribution in [-0.2, 0) is 6.54 Å². The number of nitrogens with one attached hydrogen (secondary N) is 1. The highest BCUT2D eigenvalue weighted by Gasteiger charge is 2.20. The Labute approximate surface area is 131 Å². The van der Waals surface area contributed by atoms with Crippen LogP contribution < -0.4 is 10.1 Å². The lowest BCUT2D eigenvalue weighted by molar-refractivity contribution is 0.456. The summed E-state index contributed by atoms with van der Waals surface area (Å²) in [5.41, 5.74) is 2.11. The number of rotatable bonds is 5. The molecule has 0 bridgehead atoms. The Kier molecular flexibility index (Phi) is 4.22. The molecule has 0 amide bonds. The lowest BCUT2D eigenvalue weighted by atomic mass is 10.2. The molecular formula is C16H16BrFN2O. The number of benzene rings is 1. The first-order chi connectivity index (χ1) is 10.1. The molecule has 3 rings (SSSR count). The molecule has 0 unspecified atom stereocenters. The Bertz CT molecular complexity index is 659. The summed E-state index contributed by atoms with van der Waals surface area (Å²) < 4.78 is 19.3. The van der Waals surface area contributed by atoms with E-state index in [0.717, 1.165) is 17.7 Å². The molecule has 0 atom stereocenters. The lowest BCUT2D eigenvalue weighted by Gasteiger charge is -2.10. The number of pyridine rings is 1. The molecule has 3 nitrogen and oxygen atoms in total. The van der Waals surface area contributed by atoms with Gasteiger partial charge in [0.2, 0.25) is 5.88 Å². The van der Waals surface area contributed by atoms with E-state index in [2.05, 4.69) is 32.3 Å². The Morgan fingerprint density at radius 1 is 1.38 bits per heavy atom. The van der Waals surface area contributed by atoms with Gasteiger partial charge in [-0.05, 0) is 65.5 Å². The molecular weight excluding hydrogens is 335 g/mol. The summed E-state index contributed by atoms with van der Waals surface area (Å²) in [6.07, 6.45) is 4.36. The molecule has 1 heterocycles. The number of aryl methyl sites for hydroxylation is 1. The summed E-state index contributed by atoms with van der Waals surface area (Å²) in [4.78, 5) is 4.35. The van der Waals surface area contributed by atoms with Crippen molar-refractivity contribution >= 4 is 15.9 Å². The van der Waals surface area contributed by atoms with Crippen molar-refractivity contribution in [1.29, 1.82) is 0 Å². The third kappa shape index (κ3) is 3.80. The monoisotopic (exact) mass is 350 g/mol. The van der Waals surface area contributed by atoms with E-state index in [-0.39, 0.29) is 5.82 Å². The molecule has 1 aliphatic rings. The second-order valence-electron chi connectivity index (χ2n) is 5.30. The summed E-state index contributed by atoms with van der Waals surface area (Å²) >= 11 is 3.15. The van der Waals surface area contributed by atoms with Crippen molar-refractivity contribution in [2.75, 3.05) is 0 Å². The number of halogens is 2. The van der Waals surface area contributed by atoms with E-state index in [9.17, 15) is 4.39 Å². The zero-order valence-corrected chi connectivity index (χ0v) is 13.3. The third-order valence-corrected chi connectivity index (χ3v) is 3.97. The van der Waals surface area contributed by atoms with Gasteiger partial charge < -0.3 is 10.1 Å². The number of hydrogen-bond donors (Lipinski definition) is 1. The topological polar surface area (TPSA) is 34.2 Å². The van der Waals surface area contributed by atoms with Gasteiger partial charge in [0, 0.05) is 24.3 Å².